The summed E-state index contributed by atoms with van der Waals surface area (Å²) in [5, 5.41) is 0. The summed E-state index contributed by atoms with van der Waals surface area (Å²) in [6.07, 6.45) is 44.2. The van der Waals surface area contributed by atoms with Gasteiger partial charge in [-0.2, -0.15) is 0 Å². The summed E-state index contributed by atoms with van der Waals surface area (Å²) in [5.41, 5.74) is 0. The van der Waals surface area contributed by atoms with E-state index in [0.29, 0.717) is 0 Å². The van der Waals surface area contributed by atoms with Crippen molar-refractivity contribution in [3.8, 4) is 0 Å². The van der Waals surface area contributed by atoms with Crippen LogP contribution in [0.4, 0.5) is 0 Å². The van der Waals surface area contributed by atoms with Gasteiger partial charge in [-0.05, 0) is 25.7 Å². The van der Waals surface area contributed by atoms with Gasteiger partial charge in [0.15, 0.2) is 0 Å². The molecule has 0 N–H and O–H groups in total. The van der Waals surface area contributed by atoms with Gasteiger partial charge in [-0.15, -0.1) is 0 Å². The summed E-state index contributed by atoms with van der Waals surface area (Å²) in [7, 11) is 0. The third-order valence-electron chi connectivity index (χ3n) is 7.79. The second-order valence-electron chi connectivity index (χ2n) is 11.4. The number of unbranched alkanes of at least 4 members (excludes halogenated alkanes) is 24. The lowest BCUT2D eigenvalue weighted by Gasteiger charge is -2.03. The molecular formula is C33H65BrN2. The number of hydrogen-bond donors (Lipinski definition) is 0. The first-order valence-electron chi connectivity index (χ1n) is 16.4. The Balaban J connectivity index is 0.0000122. The van der Waals surface area contributed by atoms with E-state index in [1.54, 1.807) is 0 Å². The van der Waals surface area contributed by atoms with Gasteiger partial charge in [-0.25, -0.2) is 9.13 Å². The van der Waals surface area contributed by atoms with Crippen molar-refractivity contribution in [1.82, 2.24) is 4.57 Å². The van der Waals surface area contributed by atoms with E-state index in [4.69, 9.17) is 0 Å². The van der Waals surface area contributed by atoms with Gasteiger partial charge in [0.05, 0.1) is 13.1 Å². The molecule has 0 saturated carbocycles. The number of rotatable bonds is 28. The topological polar surface area (TPSA) is 8.81 Å². The van der Waals surface area contributed by atoms with Gasteiger partial charge in [-0.3, -0.25) is 0 Å². The van der Waals surface area contributed by atoms with Gasteiger partial charge >= 0.3 is 0 Å². The Bertz CT molecular complexity index is 528. The molecule has 1 heterocycles. The molecule has 0 aliphatic heterocycles. The fourth-order valence-corrected chi connectivity index (χ4v) is 5.33. The summed E-state index contributed by atoms with van der Waals surface area (Å²) in [6, 6.07) is 0. The molecule has 1 aromatic rings. The second kappa shape index (κ2) is 29.2. The van der Waals surface area contributed by atoms with Crippen LogP contribution in [0, 0.1) is 0 Å². The van der Waals surface area contributed by atoms with Crippen LogP contribution < -0.4 is 21.5 Å². The van der Waals surface area contributed by atoms with Gasteiger partial charge in [0.2, 0.25) is 6.33 Å². The standard InChI is InChI=1S/C33H65N2.BrH/c1-3-5-7-9-11-13-15-17-18-20-22-24-26-28-30-35-32-31-34(33-35)29-27-25-23-21-19-16-14-12-10-8-6-4-2;/h31-33H,3-30H2,1-2H3;1H/q+1;/p-1. The zero-order valence-electron chi connectivity index (χ0n) is 24.8. The Morgan fingerprint density at radius 3 is 1.17 bits per heavy atom. The molecule has 0 fully saturated rings. The molecule has 1 rings (SSSR count). The van der Waals surface area contributed by atoms with Crippen molar-refractivity contribution in [1.29, 1.82) is 0 Å². The van der Waals surface area contributed by atoms with E-state index in [0.717, 1.165) is 0 Å². The van der Waals surface area contributed by atoms with Crippen LogP contribution in [0.2, 0.25) is 0 Å². The molecule has 0 aliphatic carbocycles. The second-order valence-corrected chi connectivity index (χ2v) is 11.4. The molecule has 0 unspecified atom stereocenters. The average molecular weight is 570 g/mol. The van der Waals surface area contributed by atoms with Crippen LogP contribution in [0.5, 0.6) is 0 Å². The minimum atomic E-state index is 0. The third-order valence-corrected chi connectivity index (χ3v) is 7.79. The molecule has 0 saturated heterocycles. The first-order chi connectivity index (χ1) is 17.4. The highest BCUT2D eigenvalue weighted by Crippen LogP contribution is 2.14. The molecule has 3 heteroatoms. The van der Waals surface area contributed by atoms with Crippen molar-refractivity contribution < 1.29 is 21.5 Å². The van der Waals surface area contributed by atoms with Crippen molar-refractivity contribution >= 4 is 0 Å². The highest BCUT2D eigenvalue weighted by molar-refractivity contribution is 4.66. The number of aromatic nitrogens is 2. The van der Waals surface area contributed by atoms with E-state index in [2.05, 4.69) is 41.7 Å². The minimum Gasteiger partial charge on any atom is -1.00 e. The zero-order valence-corrected chi connectivity index (χ0v) is 26.4. The van der Waals surface area contributed by atoms with E-state index in [1.165, 1.54) is 180 Å². The Hall–Kier alpha value is -0.310. The summed E-state index contributed by atoms with van der Waals surface area (Å²) >= 11 is 0. The quantitative estimate of drug-likeness (QED) is 0.0715. The van der Waals surface area contributed by atoms with Gasteiger partial charge in [-0.1, -0.05) is 155 Å². The predicted molar refractivity (Wildman–Crippen MR) is 156 cm³/mol. The van der Waals surface area contributed by atoms with Gasteiger partial charge in [0, 0.05) is 0 Å². The molecule has 0 bridgehead atoms. The molecule has 0 amide bonds. The van der Waals surface area contributed by atoms with Crippen molar-refractivity contribution in [3.63, 3.8) is 0 Å². The average Bonchev–Trinajstić information content (AvgIpc) is 3.32. The van der Waals surface area contributed by atoms with E-state index >= 15 is 0 Å². The monoisotopic (exact) mass is 568 g/mol. The lowest BCUT2D eigenvalue weighted by Crippen LogP contribution is -3.00. The first-order valence-corrected chi connectivity index (χ1v) is 16.4. The van der Waals surface area contributed by atoms with Crippen molar-refractivity contribution in [3.05, 3.63) is 18.7 Å². The number of halogens is 1. The normalized spacial score (nSPS) is 11.2. The van der Waals surface area contributed by atoms with Crippen LogP contribution in [0.15, 0.2) is 18.7 Å². The molecular weight excluding hydrogens is 504 g/mol. The smallest absolute Gasteiger partial charge is 0.243 e. The third kappa shape index (κ3) is 24.1. The van der Waals surface area contributed by atoms with Crippen LogP contribution in [-0.4, -0.2) is 4.57 Å². The Kier molecular flexibility index (Phi) is 29.0. The minimum absolute atomic E-state index is 0. The molecule has 214 valence electrons. The van der Waals surface area contributed by atoms with Crippen LogP contribution in [-0.2, 0) is 13.1 Å². The zero-order chi connectivity index (χ0) is 25.1. The van der Waals surface area contributed by atoms with Gasteiger partial charge in [0.25, 0.3) is 0 Å². The summed E-state index contributed by atoms with van der Waals surface area (Å²) in [4.78, 5) is 0. The molecule has 0 atom stereocenters. The van der Waals surface area contributed by atoms with Gasteiger partial charge in [0.1, 0.15) is 12.4 Å². The number of aryl methyl sites for hydroxylation is 2. The largest absolute Gasteiger partial charge is 1.00 e. The maximum atomic E-state index is 2.40. The molecule has 1 aromatic heterocycles. The number of imidazole rings is 1. The molecule has 0 spiro atoms. The Labute approximate surface area is 238 Å². The van der Waals surface area contributed by atoms with E-state index in [1.807, 2.05) is 0 Å². The van der Waals surface area contributed by atoms with Crippen LogP contribution >= 0.6 is 0 Å². The predicted octanol–water partition coefficient (Wildman–Crippen LogP) is 7.96. The summed E-state index contributed by atoms with van der Waals surface area (Å²) in [6.45, 7) is 7.00. The van der Waals surface area contributed by atoms with Crippen molar-refractivity contribution in [2.45, 2.75) is 194 Å². The molecule has 0 radical (unpaired) electrons. The molecule has 0 aromatic carbocycles. The molecule has 2 nitrogen and oxygen atoms in total. The van der Waals surface area contributed by atoms with Gasteiger partial charge < -0.3 is 17.0 Å². The van der Waals surface area contributed by atoms with Crippen molar-refractivity contribution in [2.24, 2.45) is 0 Å². The molecule has 36 heavy (non-hydrogen) atoms. The highest BCUT2D eigenvalue weighted by atomic mass is 79.9. The number of hydrogen-bond acceptors (Lipinski definition) is 0. The summed E-state index contributed by atoms with van der Waals surface area (Å²) < 4.78 is 4.81. The fraction of sp³-hybridized carbons (Fsp3) is 0.909. The van der Waals surface area contributed by atoms with E-state index < -0.39 is 0 Å². The lowest BCUT2D eigenvalue weighted by atomic mass is 10.0. The Morgan fingerprint density at radius 2 is 0.778 bits per heavy atom. The van der Waals surface area contributed by atoms with Crippen LogP contribution in [0.25, 0.3) is 0 Å². The maximum Gasteiger partial charge on any atom is 0.243 e. The number of nitrogens with zero attached hydrogens (tertiary/aromatic N) is 2. The summed E-state index contributed by atoms with van der Waals surface area (Å²) in [5.74, 6) is 0. The maximum absolute atomic E-state index is 2.40. The van der Waals surface area contributed by atoms with Crippen LogP contribution in [0.1, 0.15) is 181 Å². The molecule has 0 aliphatic rings. The van der Waals surface area contributed by atoms with E-state index in [-0.39, 0.29) is 17.0 Å². The highest BCUT2D eigenvalue weighted by Gasteiger charge is 2.03. The lowest BCUT2D eigenvalue weighted by molar-refractivity contribution is -0.696. The Morgan fingerprint density at radius 1 is 0.444 bits per heavy atom. The van der Waals surface area contributed by atoms with Crippen molar-refractivity contribution in [2.75, 3.05) is 0 Å². The first kappa shape index (κ1) is 35.7. The van der Waals surface area contributed by atoms with E-state index in [9.17, 15) is 0 Å². The fourth-order valence-electron chi connectivity index (χ4n) is 5.33. The SMILES string of the molecule is CCCCCCCCCCCCCCCCn1cc[n+](CCCCCCCCCCCCCC)c1.[Br-]. The van der Waals surface area contributed by atoms with Crippen LogP contribution in [0.3, 0.4) is 0 Å².